The SMILES string of the molecule is C=CCn1cnc(CC23CC4CC(CC(C4)C2)C3)c1N. The highest BCUT2D eigenvalue weighted by molar-refractivity contribution is 5.37. The molecule has 4 saturated carbocycles. The van der Waals surface area contributed by atoms with Crippen molar-refractivity contribution in [1.82, 2.24) is 9.55 Å². The fraction of sp³-hybridized carbons (Fsp3) is 0.706. The lowest BCUT2D eigenvalue weighted by atomic mass is 9.48. The molecule has 0 radical (unpaired) electrons. The Hall–Kier alpha value is -1.25. The van der Waals surface area contributed by atoms with Crippen molar-refractivity contribution in [3.8, 4) is 0 Å². The molecule has 4 fully saturated rings. The highest BCUT2D eigenvalue weighted by Crippen LogP contribution is 2.61. The molecule has 1 aromatic heterocycles. The smallest absolute Gasteiger partial charge is 0.126 e. The molecule has 4 aliphatic carbocycles. The summed E-state index contributed by atoms with van der Waals surface area (Å²) in [7, 11) is 0. The third-order valence-electron chi connectivity index (χ3n) is 5.99. The van der Waals surface area contributed by atoms with E-state index in [-0.39, 0.29) is 0 Å². The van der Waals surface area contributed by atoms with E-state index < -0.39 is 0 Å². The molecule has 20 heavy (non-hydrogen) atoms. The number of anilines is 1. The average molecular weight is 271 g/mol. The van der Waals surface area contributed by atoms with Crippen LogP contribution < -0.4 is 5.73 Å². The van der Waals surface area contributed by atoms with Gasteiger partial charge in [-0.3, -0.25) is 0 Å². The van der Waals surface area contributed by atoms with Crippen LogP contribution in [0.25, 0.3) is 0 Å². The first kappa shape index (κ1) is 12.5. The molecule has 1 aromatic rings. The lowest BCUT2D eigenvalue weighted by Gasteiger charge is -2.57. The fourth-order valence-electron chi connectivity index (χ4n) is 5.72. The minimum absolute atomic E-state index is 0.524. The molecule has 2 N–H and O–H groups in total. The summed E-state index contributed by atoms with van der Waals surface area (Å²) in [6, 6.07) is 0. The van der Waals surface area contributed by atoms with E-state index in [0.29, 0.717) is 5.41 Å². The van der Waals surface area contributed by atoms with Crippen LogP contribution in [0, 0.1) is 23.2 Å². The third-order valence-corrected chi connectivity index (χ3v) is 5.99. The Morgan fingerprint density at radius 2 is 1.85 bits per heavy atom. The molecule has 0 unspecified atom stereocenters. The van der Waals surface area contributed by atoms with Crippen LogP contribution >= 0.6 is 0 Å². The molecule has 5 rings (SSSR count). The van der Waals surface area contributed by atoms with Crippen molar-refractivity contribution in [1.29, 1.82) is 0 Å². The van der Waals surface area contributed by atoms with E-state index >= 15 is 0 Å². The zero-order chi connectivity index (χ0) is 13.7. The molecule has 1 heterocycles. The van der Waals surface area contributed by atoms with Gasteiger partial charge in [0.05, 0.1) is 12.0 Å². The molecule has 3 heteroatoms. The normalized spacial score (nSPS) is 38.3. The average Bonchev–Trinajstić information content (AvgIpc) is 2.70. The van der Waals surface area contributed by atoms with Crippen LogP contribution in [-0.4, -0.2) is 9.55 Å². The standard InChI is InChI=1S/C17H25N3/c1-2-3-20-11-19-15(16(20)18)10-17-7-12-4-13(8-17)6-14(5-12)9-17/h2,11-14H,1,3-10,18H2. The van der Waals surface area contributed by atoms with Crippen molar-refractivity contribution >= 4 is 5.82 Å². The second kappa shape index (κ2) is 4.37. The van der Waals surface area contributed by atoms with Crippen LogP contribution in [-0.2, 0) is 13.0 Å². The highest BCUT2D eigenvalue weighted by atomic mass is 15.1. The predicted octanol–water partition coefficient (Wildman–Crippen LogP) is 3.41. The summed E-state index contributed by atoms with van der Waals surface area (Å²) in [5, 5.41) is 0. The van der Waals surface area contributed by atoms with Crippen molar-refractivity contribution in [3.05, 3.63) is 24.7 Å². The minimum atomic E-state index is 0.524. The molecular formula is C17H25N3. The molecule has 0 aromatic carbocycles. The van der Waals surface area contributed by atoms with E-state index in [1.54, 1.807) is 0 Å². The van der Waals surface area contributed by atoms with Gasteiger partial charge in [0, 0.05) is 6.54 Å². The largest absolute Gasteiger partial charge is 0.384 e. The van der Waals surface area contributed by atoms with Gasteiger partial charge >= 0.3 is 0 Å². The van der Waals surface area contributed by atoms with Crippen molar-refractivity contribution in [2.75, 3.05) is 5.73 Å². The molecule has 4 bridgehead atoms. The lowest BCUT2D eigenvalue weighted by molar-refractivity contribution is -0.0525. The number of aromatic nitrogens is 2. The summed E-state index contributed by atoms with van der Waals surface area (Å²) in [6.45, 7) is 4.55. The Bertz CT molecular complexity index is 493. The number of nitrogen functional groups attached to an aromatic ring is 1. The number of allylic oxidation sites excluding steroid dienone is 1. The van der Waals surface area contributed by atoms with E-state index in [1.165, 1.54) is 38.5 Å². The van der Waals surface area contributed by atoms with E-state index in [2.05, 4.69) is 11.6 Å². The van der Waals surface area contributed by atoms with Gasteiger partial charge < -0.3 is 10.3 Å². The first-order valence-electron chi connectivity index (χ1n) is 8.08. The summed E-state index contributed by atoms with van der Waals surface area (Å²) in [4.78, 5) is 4.60. The maximum Gasteiger partial charge on any atom is 0.126 e. The Balaban J connectivity index is 1.58. The van der Waals surface area contributed by atoms with Gasteiger partial charge in [0.15, 0.2) is 0 Å². The van der Waals surface area contributed by atoms with Gasteiger partial charge in [0.25, 0.3) is 0 Å². The maximum atomic E-state index is 6.27. The van der Waals surface area contributed by atoms with Gasteiger partial charge in [-0.1, -0.05) is 6.08 Å². The number of rotatable bonds is 4. The molecule has 0 aliphatic heterocycles. The second-order valence-corrected chi connectivity index (χ2v) is 7.61. The van der Waals surface area contributed by atoms with E-state index in [9.17, 15) is 0 Å². The summed E-state index contributed by atoms with van der Waals surface area (Å²) in [6.07, 6.45) is 13.6. The topological polar surface area (TPSA) is 43.8 Å². The summed E-state index contributed by atoms with van der Waals surface area (Å²) in [5.74, 6) is 3.86. The van der Waals surface area contributed by atoms with Gasteiger partial charge in [-0.25, -0.2) is 4.98 Å². The molecule has 4 aliphatic rings. The molecule has 108 valence electrons. The quantitative estimate of drug-likeness (QED) is 0.853. The number of hydrogen-bond donors (Lipinski definition) is 1. The number of imidazole rings is 1. The minimum Gasteiger partial charge on any atom is -0.384 e. The van der Waals surface area contributed by atoms with Crippen molar-refractivity contribution < 1.29 is 0 Å². The van der Waals surface area contributed by atoms with Crippen LogP contribution in [0.4, 0.5) is 5.82 Å². The van der Waals surface area contributed by atoms with Crippen LogP contribution in [0.15, 0.2) is 19.0 Å². The summed E-state index contributed by atoms with van der Waals surface area (Å²) in [5.41, 5.74) is 7.93. The van der Waals surface area contributed by atoms with E-state index in [0.717, 1.165) is 42.2 Å². The Morgan fingerprint density at radius 3 is 2.40 bits per heavy atom. The van der Waals surface area contributed by atoms with Crippen molar-refractivity contribution in [3.63, 3.8) is 0 Å². The second-order valence-electron chi connectivity index (χ2n) is 7.61. The third kappa shape index (κ3) is 1.90. The zero-order valence-electron chi connectivity index (χ0n) is 12.2. The summed E-state index contributed by atoms with van der Waals surface area (Å²) < 4.78 is 2.02. The van der Waals surface area contributed by atoms with E-state index in [1.807, 2.05) is 17.0 Å². The van der Waals surface area contributed by atoms with Gasteiger partial charge in [0.2, 0.25) is 0 Å². The number of nitrogens with two attached hydrogens (primary N) is 1. The molecule has 0 atom stereocenters. The Morgan fingerprint density at radius 1 is 1.25 bits per heavy atom. The molecule has 0 saturated heterocycles. The van der Waals surface area contributed by atoms with Crippen LogP contribution in [0.5, 0.6) is 0 Å². The number of nitrogens with zero attached hydrogens (tertiary/aromatic N) is 2. The lowest BCUT2D eigenvalue weighted by Crippen LogP contribution is -2.47. The first-order valence-corrected chi connectivity index (χ1v) is 8.08. The molecule has 0 spiro atoms. The van der Waals surface area contributed by atoms with Gasteiger partial charge in [-0.15, -0.1) is 6.58 Å². The predicted molar refractivity (Wildman–Crippen MR) is 81.1 cm³/mol. The fourth-order valence-corrected chi connectivity index (χ4v) is 5.72. The maximum absolute atomic E-state index is 6.27. The molecular weight excluding hydrogens is 246 g/mol. The first-order chi connectivity index (χ1) is 9.67. The Kier molecular flexibility index (Phi) is 2.73. The van der Waals surface area contributed by atoms with Gasteiger partial charge in [-0.05, 0) is 68.1 Å². The molecule has 3 nitrogen and oxygen atoms in total. The summed E-state index contributed by atoms with van der Waals surface area (Å²) >= 11 is 0. The van der Waals surface area contributed by atoms with E-state index in [4.69, 9.17) is 5.73 Å². The van der Waals surface area contributed by atoms with Gasteiger partial charge in [0.1, 0.15) is 5.82 Å². The highest BCUT2D eigenvalue weighted by Gasteiger charge is 2.51. The number of hydrogen-bond acceptors (Lipinski definition) is 2. The van der Waals surface area contributed by atoms with Crippen molar-refractivity contribution in [2.24, 2.45) is 23.2 Å². The van der Waals surface area contributed by atoms with Crippen LogP contribution in [0.2, 0.25) is 0 Å². The van der Waals surface area contributed by atoms with Crippen LogP contribution in [0.3, 0.4) is 0 Å². The van der Waals surface area contributed by atoms with Crippen molar-refractivity contribution in [2.45, 2.75) is 51.5 Å². The van der Waals surface area contributed by atoms with Crippen LogP contribution in [0.1, 0.15) is 44.2 Å². The Labute approximate surface area is 121 Å². The molecule has 0 amide bonds. The zero-order valence-corrected chi connectivity index (χ0v) is 12.2. The van der Waals surface area contributed by atoms with Gasteiger partial charge in [-0.2, -0.15) is 0 Å². The monoisotopic (exact) mass is 271 g/mol.